The van der Waals surface area contributed by atoms with Crippen molar-refractivity contribution in [3.8, 4) is 0 Å². The van der Waals surface area contributed by atoms with E-state index in [0.717, 1.165) is 35.7 Å². The molecule has 37 heavy (non-hydrogen) atoms. The quantitative estimate of drug-likeness (QED) is 0.498. The van der Waals surface area contributed by atoms with Crippen molar-refractivity contribution in [2.45, 2.75) is 75.9 Å². The molecule has 3 aliphatic carbocycles. The highest BCUT2D eigenvalue weighted by Gasteiger charge is 2.70. The summed E-state index contributed by atoms with van der Waals surface area (Å²) in [5, 5.41) is 30.5. The fourth-order valence-corrected chi connectivity index (χ4v) is 8.72. The van der Waals surface area contributed by atoms with Crippen LogP contribution in [0.15, 0.2) is 47.6 Å². The number of hydrogen-bond acceptors (Lipinski definition) is 6. The fraction of sp³-hybridized carbons (Fsp3) is 0.567. The number of hydrogen-bond donors (Lipinski definition) is 4. The summed E-state index contributed by atoms with van der Waals surface area (Å²) in [4.78, 5) is 2.03. The second kappa shape index (κ2) is 7.14. The van der Waals surface area contributed by atoms with E-state index in [0.29, 0.717) is 12.2 Å². The molecule has 2 aliphatic heterocycles. The van der Waals surface area contributed by atoms with Crippen LogP contribution in [-0.2, 0) is 4.74 Å². The van der Waals surface area contributed by atoms with Gasteiger partial charge in [-0.2, -0.15) is 5.10 Å². The van der Waals surface area contributed by atoms with Gasteiger partial charge in [0.25, 0.3) is 0 Å². The molecule has 7 nitrogen and oxygen atoms in total. The highest BCUT2D eigenvalue weighted by atomic mass is 16.5. The first-order chi connectivity index (χ1) is 17.4. The Morgan fingerprint density at radius 3 is 2.70 bits per heavy atom. The number of aromatic amines is 1. The monoisotopic (exact) mass is 502 g/mol. The molecule has 1 saturated heterocycles. The summed E-state index contributed by atoms with van der Waals surface area (Å²) in [6.45, 7) is 7.07. The van der Waals surface area contributed by atoms with Crippen LogP contribution < -0.4 is 5.73 Å². The van der Waals surface area contributed by atoms with Gasteiger partial charge in [-0.25, -0.2) is 0 Å². The first kappa shape index (κ1) is 23.7. The van der Waals surface area contributed by atoms with Crippen LogP contribution in [0.3, 0.4) is 0 Å². The zero-order valence-corrected chi connectivity index (χ0v) is 22.4. The van der Waals surface area contributed by atoms with Gasteiger partial charge in [-0.3, -0.25) is 5.10 Å². The third kappa shape index (κ3) is 2.73. The summed E-state index contributed by atoms with van der Waals surface area (Å²) in [5.74, 6) is 0.798. The lowest BCUT2D eigenvalue weighted by Gasteiger charge is -2.60. The van der Waals surface area contributed by atoms with Gasteiger partial charge >= 0.3 is 0 Å². The number of nitrogens with zero attached hydrogens (tertiary/aromatic N) is 2. The zero-order chi connectivity index (χ0) is 26.1. The van der Waals surface area contributed by atoms with Crippen LogP contribution in [0.1, 0.15) is 52.0 Å². The number of aliphatic hydroxyl groups is 2. The molecule has 2 spiro atoms. The predicted molar refractivity (Wildman–Crippen MR) is 145 cm³/mol. The summed E-state index contributed by atoms with van der Waals surface area (Å²) < 4.78 is 7.31. The minimum atomic E-state index is -0.916. The van der Waals surface area contributed by atoms with Gasteiger partial charge in [-0.15, -0.1) is 0 Å². The van der Waals surface area contributed by atoms with E-state index in [-0.39, 0.29) is 22.8 Å². The highest BCUT2D eigenvalue weighted by Crippen LogP contribution is 2.71. The number of fused-ring (bicyclic) bond motifs is 2. The first-order valence-electron chi connectivity index (χ1n) is 13.6. The second-order valence-corrected chi connectivity index (χ2v) is 13.1. The van der Waals surface area contributed by atoms with E-state index in [1.54, 1.807) is 0 Å². The maximum atomic E-state index is 11.3. The molecule has 0 radical (unpaired) electrons. The number of anilines is 1. The average molecular weight is 503 g/mol. The number of likely N-dealkylation sites (N-methyl/N-ethyl adjacent to an activating group) is 1. The van der Waals surface area contributed by atoms with Gasteiger partial charge in [0.05, 0.1) is 22.8 Å². The molecule has 2 bridgehead atoms. The third-order valence-electron chi connectivity index (χ3n) is 11.0. The number of nitrogens with one attached hydrogen (secondary N) is 1. The Morgan fingerprint density at radius 2 is 1.95 bits per heavy atom. The molecule has 1 unspecified atom stereocenters. The molecule has 5 N–H and O–H groups in total. The average Bonchev–Trinajstić information content (AvgIpc) is 3.51. The van der Waals surface area contributed by atoms with Gasteiger partial charge < -0.3 is 25.6 Å². The van der Waals surface area contributed by atoms with Gasteiger partial charge in [0, 0.05) is 22.8 Å². The number of aliphatic hydroxyl groups excluding tert-OH is 2. The van der Waals surface area contributed by atoms with Gasteiger partial charge in [0.1, 0.15) is 6.10 Å². The van der Waals surface area contributed by atoms with Crippen molar-refractivity contribution >= 4 is 22.3 Å². The summed E-state index contributed by atoms with van der Waals surface area (Å²) in [6, 6.07) is 6.28. The summed E-state index contributed by atoms with van der Waals surface area (Å²) in [5.41, 5.74) is 10.4. The molecule has 2 fully saturated rings. The zero-order valence-electron chi connectivity index (χ0n) is 22.4. The lowest BCUT2D eigenvalue weighted by atomic mass is 9.49. The molecular formula is C30H38N4O3. The largest absolute Gasteiger partial charge is 0.388 e. The van der Waals surface area contributed by atoms with Crippen LogP contribution in [0.5, 0.6) is 0 Å². The van der Waals surface area contributed by atoms with Crippen molar-refractivity contribution in [3.63, 3.8) is 0 Å². The van der Waals surface area contributed by atoms with Crippen molar-refractivity contribution in [2.75, 3.05) is 19.8 Å². The lowest BCUT2D eigenvalue weighted by Crippen LogP contribution is -2.63. The normalized spacial score (nSPS) is 41.7. The van der Waals surface area contributed by atoms with Crippen molar-refractivity contribution in [3.05, 3.63) is 53.1 Å². The number of benzene rings is 1. The number of rotatable bonds is 2. The predicted octanol–water partition coefficient (Wildman–Crippen LogP) is 3.80. The Kier molecular flexibility index (Phi) is 4.57. The molecule has 1 aromatic carbocycles. The van der Waals surface area contributed by atoms with Crippen LogP contribution in [0, 0.1) is 16.7 Å². The maximum Gasteiger partial charge on any atom is 0.153 e. The number of nitrogen functional groups attached to an aromatic ring is 1. The molecule has 7 atom stereocenters. The summed E-state index contributed by atoms with van der Waals surface area (Å²) >= 11 is 0. The topological polar surface area (TPSA) is 108 Å². The highest BCUT2D eigenvalue weighted by molar-refractivity contribution is 5.91. The van der Waals surface area contributed by atoms with Crippen LogP contribution in [0.25, 0.3) is 16.5 Å². The standard InChI is InChI=1S/C30H38N4O3/c1-27(2)14-17-13-20-24(35)25(36)22(34(4)5)15-29(20)10-11-30(17,37-29)23-9-8-19(28(23,27)3)16-6-7-18-21(12-16)32-33-26(18)31/h6-8,12-14,22-25,35-36H,9-11,15H2,1-5H3,(H3,31,32,33)/t22-,23?,24+,25+,28+,29+,30+/m0/s1. The minimum Gasteiger partial charge on any atom is -0.388 e. The number of ether oxygens (including phenoxy) is 1. The Hall–Kier alpha value is -2.45. The maximum absolute atomic E-state index is 11.3. The fourth-order valence-electron chi connectivity index (χ4n) is 8.72. The van der Waals surface area contributed by atoms with Gasteiger partial charge in [-0.1, -0.05) is 45.1 Å². The van der Waals surface area contributed by atoms with Gasteiger partial charge in [-0.05, 0) is 79.6 Å². The molecular weight excluding hydrogens is 464 g/mol. The molecule has 196 valence electrons. The van der Waals surface area contributed by atoms with Crippen molar-refractivity contribution in [1.29, 1.82) is 0 Å². The Labute approximate surface area is 218 Å². The SMILES string of the molecule is CN(C)[C@H]1C[C@@]23CC[C@@]4(O2)C(=CC(C)(C)[C@]2(C)C(c5ccc6c(N)n[nH]c6c5)=CCC42)C=C3[C@@H](O)[C@@H]1O. The lowest BCUT2D eigenvalue weighted by molar-refractivity contribution is -0.170. The van der Waals surface area contributed by atoms with Crippen LogP contribution in [0.2, 0.25) is 0 Å². The van der Waals surface area contributed by atoms with Crippen LogP contribution in [0.4, 0.5) is 5.82 Å². The number of nitrogens with two attached hydrogens (primary N) is 1. The molecule has 0 amide bonds. The molecule has 1 saturated carbocycles. The molecule has 7 heteroatoms. The third-order valence-corrected chi connectivity index (χ3v) is 11.0. The van der Waals surface area contributed by atoms with E-state index in [1.807, 2.05) is 19.0 Å². The Morgan fingerprint density at radius 1 is 1.16 bits per heavy atom. The second-order valence-electron chi connectivity index (χ2n) is 13.1. The molecule has 5 aliphatic rings. The smallest absolute Gasteiger partial charge is 0.153 e. The molecule has 7 rings (SSSR count). The van der Waals surface area contributed by atoms with Crippen molar-refractivity contribution in [1.82, 2.24) is 15.1 Å². The van der Waals surface area contributed by atoms with Crippen LogP contribution >= 0.6 is 0 Å². The number of H-pyrrole nitrogens is 1. The summed E-state index contributed by atoms with van der Waals surface area (Å²) in [6.07, 6.45) is 8.72. The van der Waals surface area contributed by atoms with Crippen molar-refractivity contribution in [2.24, 2.45) is 16.7 Å². The van der Waals surface area contributed by atoms with E-state index in [4.69, 9.17) is 10.5 Å². The Balaban J connectivity index is 1.36. The van der Waals surface area contributed by atoms with E-state index in [1.165, 1.54) is 16.7 Å². The molecule has 3 heterocycles. The van der Waals surface area contributed by atoms with E-state index in [2.05, 4.69) is 67.4 Å². The molecule has 1 aromatic heterocycles. The van der Waals surface area contributed by atoms with E-state index in [9.17, 15) is 10.2 Å². The summed E-state index contributed by atoms with van der Waals surface area (Å²) in [7, 11) is 3.95. The first-order valence-corrected chi connectivity index (χ1v) is 13.6. The Bertz CT molecular complexity index is 1420. The minimum absolute atomic E-state index is 0.148. The van der Waals surface area contributed by atoms with E-state index >= 15 is 0 Å². The van der Waals surface area contributed by atoms with Crippen molar-refractivity contribution < 1.29 is 14.9 Å². The molecule has 2 aromatic rings. The van der Waals surface area contributed by atoms with Crippen LogP contribution in [-0.4, -0.2) is 68.9 Å². The van der Waals surface area contributed by atoms with Gasteiger partial charge in [0.15, 0.2) is 5.82 Å². The number of aromatic nitrogens is 2. The number of allylic oxidation sites excluding steroid dienone is 3. The van der Waals surface area contributed by atoms with Gasteiger partial charge in [0.2, 0.25) is 0 Å². The van der Waals surface area contributed by atoms with E-state index < -0.39 is 23.4 Å².